The summed E-state index contributed by atoms with van der Waals surface area (Å²) in [5, 5.41) is 11.9. The number of urea groups is 1. The molecule has 1 aromatic rings. The van der Waals surface area contributed by atoms with Crippen molar-refractivity contribution >= 4 is 17.9 Å². The molecule has 0 spiro atoms. The SMILES string of the molecule is CC(C)c1ccc(C2NC(=O)N(C(C(=O)O)C(C)C)C2=O)cc1. The molecule has 0 bridgehead atoms. The number of nitrogens with zero attached hydrogens (tertiary/aromatic N) is 1. The van der Waals surface area contributed by atoms with E-state index in [4.69, 9.17) is 0 Å². The Bertz CT molecular complexity index is 622. The van der Waals surface area contributed by atoms with Crippen molar-refractivity contribution in [1.82, 2.24) is 10.2 Å². The van der Waals surface area contributed by atoms with Gasteiger partial charge < -0.3 is 10.4 Å². The van der Waals surface area contributed by atoms with E-state index >= 15 is 0 Å². The van der Waals surface area contributed by atoms with Gasteiger partial charge in [0.2, 0.25) is 0 Å². The van der Waals surface area contributed by atoms with Crippen LogP contribution in [0.1, 0.15) is 50.8 Å². The molecule has 124 valence electrons. The Morgan fingerprint density at radius 2 is 1.70 bits per heavy atom. The van der Waals surface area contributed by atoms with Gasteiger partial charge in [-0.15, -0.1) is 0 Å². The van der Waals surface area contributed by atoms with Gasteiger partial charge in [0.1, 0.15) is 12.1 Å². The molecule has 2 unspecified atom stereocenters. The van der Waals surface area contributed by atoms with Crippen LogP contribution in [0.25, 0.3) is 0 Å². The van der Waals surface area contributed by atoms with E-state index in [2.05, 4.69) is 19.2 Å². The predicted octanol–water partition coefficient (Wildman–Crippen LogP) is 2.51. The smallest absolute Gasteiger partial charge is 0.327 e. The molecule has 1 aliphatic rings. The third-order valence-corrected chi connectivity index (χ3v) is 4.07. The Morgan fingerprint density at radius 1 is 1.13 bits per heavy atom. The van der Waals surface area contributed by atoms with E-state index in [1.807, 2.05) is 12.1 Å². The fourth-order valence-corrected chi connectivity index (χ4v) is 2.75. The van der Waals surface area contributed by atoms with Crippen molar-refractivity contribution in [3.63, 3.8) is 0 Å². The zero-order valence-corrected chi connectivity index (χ0v) is 13.7. The van der Waals surface area contributed by atoms with Gasteiger partial charge in [0.05, 0.1) is 0 Å². The molecule has 0 radical (unpaired) electrons. The lowest BCUT2D eigenvalue weighted by atomic mass is 9.98. The lowest BCUT2D eigenvalue weighted by molar-refractivity contribution is -0.148. The highest BCUT2D eigenvalue weighted by atomic mass is 16.4. The zero-order chi connectivity index (χ0) is 17.3. The van der Waals surface area contributed by atoms with Gasteiger partial charge in [-0.25, -0.2) is 14.5 Å². The van der Waals surface area contributed by atoms with Gasteiger partial charge >= 0.3 is 12.0 Å². The first kappa shape index (κ1) is 17.0. The minimum atomic E-state index is -1.18. The second-order valence-electron chi connectivity index (χ2n) is 6.44. The van der Waals surface area contributed by atoms with E-state index < -0.39 is 30.0 Å². The lowest BCUT2D eigenvalue weighted by Crippen LogP contribution is -2.48. The molecule has 1 fully saturated rings. The number of rotatable bonds is 5. The number of imide groups is 1. The molecule has 1 heterocycles. The second kappa shape index (κ2) is 6.40. The number of carbonyl (C=O) groups is 3. The lowest BCUT2D eigenvalue weighted by Gasteiger charge is -2.24. The molecule has 6 nitrogen and oxygen atoms in total. The average molecular weight is 318 g/mol. The van der Waals surface area contributed by atoms with Crippen molar-refractivity contribution < 1.29 is 19.5 Å². The van der Waals surface area contributed by atoms with Crippen molar-refractivity contribution in [2.45, 2.75) is 45.7 Å². The van der Waals surface area contributed by atoms with E-state index in [0.717, 1.165) is 10.5 Å². The van der Waals surface area contributed by atoms with Gasteiger partial charge in [0.15, 0.2) is 0 Å². The normalized spacial score (nSPS) is 19.4. The summed E-state index contributed by atoms with van der Waals surface area (Å²) in [4.78, 5) is 36.9. The number of hydrogen-bond donors (Lipinski definition) is 2. The standard InChI is InChI=1S/C17H22N2O4/c1-9(2)11-5-7-12(8-6-11)13-15(20)19(17(23)18-13)14(10(3)4)16(21)22/h5-10,13-14H,1-4H3,(H,18,23)(H,21,22). The predicted molar refractivity (Wildman–Crippen MR) is 84.9 cm³/mol. The minimum Gasteiger partial charge on any atom is -0.480 e. The Kier molecular flexibility index (Phi) is 4.73. The van der Waals surface area contributed by atoms with Gasteiger partial charge in [-0.2, -0.15) is 0 Å². The Hall–Kier alpha value is -2.37. The fourth-order valence-electron chi connectivity index (χ4n) is 2.75. The van der Waals surface area contributed by atoms with Gasteiger partial charge in [0.25, 0.3) is 5.91 Å². The van der Waals surface area contributed by atoms with Gasteiger partial charge in [0, 0.05) is 0 Å². The number of carbonyl (C=O) groups excluding carboxylic acids is 2. The first-order valence-corrected chi connectivity index (χ1v) is 7.70. The first-order chi connectivity index (χ1) is 10.7. The first-order valence-electron chi connectivity index (χ1n) is 7.70. The third kappa shape index (κ3) is 3.21. The molecule has 1 aliphatic heterocycles. The maximum absolute atomic E-state index is 12.6. The number of nitrogens with one attached hydrogen (secondary N) is 1. The summed E-state index contributed by atoms with van der Waals surface area (Å²) in [6.07, 6.45) is 0. The van der Waals surface area contributed by atoms with E-state index in [1.54, 1.807) is 26.0 Å². The van der Waals surface area contributed by atoms with Crippen LogP contribution >= 0.6 is 0 Å². The molecule has 0 saturated carbocycles. The van der Waals surface area contributed by atoms with Crippen LogP contribution in [0.4, 0.5) is 4.79 Å². The number of amides is 3. The molecule has 1 aromatic carbocycles. The number of carboxylic acid groups (broad SMARTS) is 1. The number of carboxylic acids is 1. The third-order valence-electron chi connectivity index (χ3n) is 4.07. The molecule has 0 aromatic heterocycles. The highest BCUT2D eigenvalue weighted by molar-refractivity contribution is 6.07. The molecular weight excluding hydrogens is 296 g/mol. The highest BCUT2D eigenvalue weighted by Gasteiger charge is 2.46. The summed E-state index contributed by atoms with van der Waals surface area (Å²) in [6, 6.07) is 4.78. The zero-order valence-electron chi connectivity index (χ0n) is 13.7. The summed E-state index contributed by atoms with van der Waals surface area (Å²) >= 11 is 0. The van der Waals surface area contributed by atoms with Crippen LogP contribution in [0.2, 0.25) is 0 Å². The van der Waals surface area contributed by atoms with Crippen molar-refractivity contribution in [1.29, 1.82) is 0 Å². The number of aliphatic carboxylic acids is 1. The second-order valence-corrected chi connectivity index (χ2v) is 6.44. The molecule has 2 rings (SSSR count). The van der Waals surface area contributed by atoms with Gasteiger partial charge in [-0.3, -0.25) is 4.79 Å². The minimum absolute atomic E-state index is 0.367. The Morgan fingerprint density at radius 3 is 2.13 bits per heavy atom. The van der Waals surface area contributed by atoms with E-state index in [0.29, 0.717) is 11.5 Å². The maximum Gasteiger partial charge on any atom is 0.327 e. The Labute approximate surface area is 135 Å². The van der Waals surface area contributed by atoms with Crippen molar-refractivity contribution in [3.05, 3.63) is 35.4 Å². The summed E-state index contributed by atoms with van der Waals surface area (Å²) in [5.41, 5.74) is 1.79. The van der Waals surface area contributed by atoms with Crippen LogP contribution in [-0.4, -0.2) is 34.0 Å². The van der Waals surface area contributed by atoms with Crippen molar-refractivity contribution in [3.8, 4) is 0 Å². The molecule has 2 N–H and O–H groups in total. The van der Waals surface area contributed by atoms with Crippen LogP contribution < -0.4 is 5.32 Å². The molecule has 23 heavy (non-hydrogen) atoms. The van der Waals surface area contributed by atoms with E-state index in [1.165, 1.54) is 0 Å². The number of benzene rings is 1. The largest absolute Gasteiger partial charge is 0.480 e. The number of hydrogen-bond acceptors (Lipinski definition) is 3. The van der Waals surface area contributed by atoms with Crippen LogP contribution in [0.15, 0.2) is 24.3 Å². The summed E-state index contributed by atoms with van der Waals surface area (Å²) in [5.74, 6) is -1.70. The molecule has 3 amide bonds. The highest BCUT2D eigenvalue weighted by Crippen LogP contribution is 2.27. The van der Waals surface area contributed by atoms with Crippen LogP contribution in [0.3, 0.4) is 0 Å². The van der Waals surface area contributed by atoms with E-state index in [-0.39, 0.29) is 5.92 Å². The summed E-state index contributed by atoms with van der Waals surface area (Å²) in [6.45, 7) is 7.48. The quantitative estimate of drug-likeness (QED) is 0.817. The average Bonchev–Trinajstić information content (AvgIpc) is 2.75. The fraction of sp³-hybridized carbons (Fsp3) is 0.471. The van der Waals surface area contributed by atoms with Gasteiger partial charge in [-0.05, 0) is 23.0 Å². The van der Waals surface area contributed by atoms with Crippen molar-refractivity contribution in [2.75, 3.05) is 0 Å². The van der Waals surface area contributed by atoms with Crippen LogP contribution in [-0.2, 0) is 9.59 Å². The molecular formula is C17H22N2O4. The van der Waals surface area contributed by atoms with Gasteiger partial charge in [-0.1, -0.05) is 52.0 Å². The molecule has 6 heteroatoms. The summed E-state index contributed by atoms with van der Waals surface area (Å²) < 4.78 is 0. The molecule has 2 atom stereocenters. The maximum atomic E-state index is 12.6. The van der Waals surface area contributed by atoms with Crippen molar-refractivity contribution in [2.24, 2.45) is 5.92 Å². The Balaban J connectivity index is 2.29. The van der Waals surface area contributed by atoms with E-state index in [9.17, 15) is 19.5 Å². The van der Waals surface area contributed by atoms with Crippen LogP contribution in [0, 0.1) is 5.92 Å². The topological polar surface area (TPSA) is 86.7 Å². The van der Waals surface area contributed by atoms with Crippen LogP contribution in [0.5, 0.6) is 0 Å². The molecule has 1 saturated heterocycles. The molecule has 0 aliphatic carbocycles. The summed E-state index contributed by atoms with van der Waals surface area (Å²) in [7, 11) is 0. The monoisotopic (exact) mass is 318 g/mol.